The van der Waals surface area contributed by atoms with Gasteiger partial charge >= 0.3 is 0 Å². The molecule has 0 spiro atoms. The van der Waals surface area contributed by atoms with Gasteiger partial charge in [-0.05, 0) is 48.0 Å². The summed E-state index contributed by atoms with van der Waals surface area (Å²) in [5.41, 5.74) is 2.47. The molecule has 0 bridgehead atoms. The van der Waals surface area contributed by atoms with E-state index in [-0.39, 0.29) is 18.1 Å². The molecule has 0 aliphatic carbocycles. The number of hydrogen-bond donors (Lipinski definition) is 2. The van der Waals surface area contributed by atoms with Gasteiger partial charge in [-0.25, -0.2) is 0 Å². The molecule has 0 aliphatic heterocycles. The Bertz CT molecular complexity index is 976. The summed E-state index contributed by atoms with van der Waals surface area (Å²) in [6, 6.07) is 20.0. The molecule has 0 radical (unpaired) electrons. The van der Waals surface area contributed by atoms with Gasteiger partial charge in [0.2, 0.25) is 0 Å². The minimum atomic E-state index is -0.401. The van der Waals surface area contributed by atoms with Crippen molar-refractivity contribution in [2.24, 2.45) is 0 Å². The Labute approximate surface area is 169 Å². The molecule has 0 aliphatic rings. The van der Waals surface area contributed by atoms with Gasteiger partial charge in [0.1, 0.15) is 11.5 Å². The molecule has 1 heterocycles. The molecule has 0 unspecified atom stereocenters. The number of nitrogens with zero attached hydrogens (tertiary/aromatic N) is 1. The molecular weight excluding hydrogens is 366 g/mol. The summed E-state index contributed by atoms with van der Waals surface area (Å²) < 4.78 is 5.24. The highest BCUT2D eigenvalue weighted by atomic mass is 16.3. The normalized spacial score (nSPS) is 11.0. The highest BCUT2D eigenvalue weighted by Gasteiger charge is 2.15. The molecule has 0 saturated carbocycles. The first-order chi connectivity index (χ1) is 14.0. The molecule has 3 aromatic rings. The van der Waals surface area contributed by atoms with Gasteiger partial charge in [-0.3, -0.25) is 9.59 Å². The zero-order valence-electron chi connectivity index (χ0n) is 16.4. The zero-order chi connectivity index (χ0) is 20.6. The molecule has 148 valence electrons. The Morgan fingerprint density at radius 1 is 0.966 bits per heavy atom. The number of carbonyl (C=O) groups is 2. The maximum Gasteiger partial charge on any atom is 0.268 e. The van der Waals surface area contributed by atoms with E-state index in [1.54, 1.807) is 48.7 Å². The van der Waals surface area contributed by atoms with Crippen LogP contribution in [0.4, 0.5) is 5.69 Å². The van der Waals surface area contributed by atoms with Crippen molar-refractivity contribution in [1.82, 2.24) is 10.6 Å². The molecule has 2 aromatic carbocycles. The van der Waals surface area contributed by atoms with E-state index in [0.717, 1.165) is 11.3 Å². The predicted molar refractivity (Wildman–Crippen MR) is 113 cm³/mol. The Balaban J connectivity index is 1.81. The third kappa shape index (κ3) is 5.59. The molecule has 3 rings (SSSR count). The lowest BCUT2D eigenvalue weighted by Gasteiger charge is -2.13. The van der Waals surface area contributed by atoms with Crippen LogP contribution in [-0.2, 0) is 11.3 Å². The van der Waals surface area contributed by atoms with Crippen LogP contribution in [0.15, 0.2) is 83.1 Å². The SMILES string of the molecule is CN(C)c1ccc(C=C(NC(=O)c2ccccc2)C(=O)NCc2ccco2)cc1. The summed E-state index contributed by atoms with van der Waals surface area (Å²) >= 11 is 0. The van der Waals surface area contributed by atoms with Crippen LogP contribution < -0.4 is 15.5 Å². The Kier molecular flexibility index (Phi) is 6.47. The molecule has 2 amide bonds. The zero-order valence-corrected chi connectivity index (χ0v) is 16.4. The number of nitrogens with one attached hydrogen (secondary N) is 2. The molecule has 0 atom stereocenters. The van der Waals surface area contributed by atoms with Crippen molar-refractivity contribution in [2.75, 3.05) is 19.0 Å². The number of rotatable bonds is 7. The first-order valence-corrected chi connectivity index (χ1v) is 9.19. The summed E-state index contributed by atoms with van der Waals surface area (Å²) in [7, 11) is 3.91. The number of benzene rings is 2. The van der Waals surface area contributed by atoms with Gasteiger partial charge in [0.05, 0.1) is 12.8 Å². The lowest BCUT2D eigenvalue weighted by atomic mass is 10.1. The average molecular weight is 389 g/mol. The first kappa shape index (κ1) is 19.9. The quantitative estimate of drug-likeness (QED) is 0.607. The maximum atomic E-state index is 12.7. The van der Waals surface area contributed by atoms with Crippen molar-refractivity contribution in [2.45, 2.75) is 6.54 Å². The van der Waals surface area contributed by atoms with E-state index in [1.165, 1.54) is 0 Å². The van der Waals surface area contributed by atoms with E-state index < -0.39 is 5.91 Å². The summed E-state index contributed by atoms with van der Waals surface area (Å²) in [5, 5.41) is 5.49. The lowest BCUT2D eigenvalue weighted by Crippen LogP contribution is -2.34. The number of furan rings is 1. The number of carbonyl (C=O) groups excluding carboxylic acids is 2. The molecule has 2 N–H and O–H groups in total. The average Bonchev–Trinajstić information content (AvgIpc) is 3.26. The van der Waals surface area contributed by atoms with E-state index in [0.29, 0.717) is 11.3 Å². The molecular formula is C23H23N3O3. The largest absolute Gasteiger partial charge is 0.467 e. The highest BCUT2D eigenvalue weighted by molar-refractivity contribution is 6.05. The van der Waals surface area contributed by atoms with Crippen molar-refractivity contribution in [1.29, 1.82) is 0 Å². The Hall–Kier alpha value is -3.80. The molecule has 0 saturated heterocycles. The van der Waals surface area contributed by atoms with Gasteiger partial charge in [0.15, 0.2) is 0 Å². The summed E-state index contributed by atoms with van der Waals surface area (Å²) in [5.74, 6) is -0.125. The van der Waals surface area contributed by atoms with Gasteiger partial charge in [-0.2, -0.15) is 0 Å². The summed E-state index contributed by atoms with van der Waals surface area (Å²) in [6.07, 6.45) is 3.19. The molecule has 6 nitrogen and oxygen atoms in total. The summed E-state index contributed by atoms with van der Waals surface area (Å²) in [6.45, 7) is 0.226. The maximum absolute atomic E-state index is 12.7. The van der Waals surface area contributed by atoms with Crippen LogP contribution >= 0.6 is 0 Å². The van der Waals surface area contributed by atoms with Crippen LogP contribution in [0.1, 0.15) is 21.7 Å². The van der Waals surface area contributed by atoms with Crippen molar-refractivity contribution in [3.05, 3.63) is 95.6 Å². The molecule has 6 heteroatoms. The fourth-order valence-corrected chi connectivity index (χ4v) is 2.65. The van der Waals surface area contributed by atoms with Crippen LogP contribution in [0.5, 0.6) is 0 Å². The van der Waals surface area contributed by atoms with Gasteiger partial charge in [0.25, 0.3) is 11.8 Å². The van der Waals surface area contributed by atoms with Crippen molar-refractivity contribution in [3.63, 3.8) is 0 Å². The van der Waals surface area contributed by atoms with E-state index in [1.807, 2.05) is 49.3 Å². The molecule has 29 heavy (non-hydrogen) atoms. The summed E-state index contributed by atoms with van der Waals surface area (Å²) in [4.78, 5) is 27.3. The van der Waals surface area contributed by atoms with Crippen molar-refractivity contribution < 1.29 is 14.0 Å². The van der Waals surface area contributed by atoms with Gasteiger partial charge < -0.3 is 20.0 Å². The first-order valence-electron chi connectivity index (χ1n) is 9.19. The highest BCUT2D eigenvalue weighted by Crippen LogP contribution is 2.15. The van der Waals surface area contributed by atoms with Crippen LogP contribution in [0.2, 0.25) is 0 Å². The second-order valence-electron chi connectivity index (χ2n) is 6.63. The Morgan fingerprint density at radius 2 is 1.69 bits per heavy atom. The van der Waals surface area contributed by atoms with E-state index in [2.05, 4.69) is 10.6 Å². The number of amides is 2. The smallest absolute Gasteiger partial charge is 0.268 e. The van der Waals surface area contributed by atoms with Crippen LogP contribution in [0.3, 0.4) is 0 Å². The van der Waals surface area contributed by atoms with Gasteiger partial charge in [-0.1, -0.05) is 30.3 Å². The van der Waals surface area contributed by atoms with E-state index in [4.69, 9.17) is 4.42 Å². The fraction of sp³-hybridized carbons (Fsp3) is 0.130. The third-order valence-electron chi connectivity index (χ3n) is 4.25. The van der Waals surface area contributed by atoms with Gasteiger partial charge in [-0.15, -0.1) is 0 Å². The molecule has 0 fully saturated rings. The third-order valence-corrected chi connectivity index (χ3v) is 4.25. The minimum absolute atomic E-state index is 0.156. The van der Waals surface area contributed by atoms with Gasteiger partial charge in [0, 0.05) is 25.3 Å². The molecule has 1 aromatic heterocycles. The number of anilines is 1. The second kappa shape index (κ2) is 9.41. The fourth-order valence-electron chi connectivity index (χ4n) is 2.65. The second-order valence-corrected chi connectivity index (χ2v) is 6.63. The van der Waals surface area contributed by atoms with Crippen molar-refractivity contribution >= 4 is 23.6 Å². The van der Waals surface area contributed by atoms with E-state index >= 15 is 0 Å². The lowest BCUT2D eigenvalue weighted by molar-refractivity contribution is -0.118. The van der Waals surface area contributed by atoms with E-state index in [9.17, 15) is 9.59 Å². The van der Waals surface area contributed by atoms with Crippen LogP contribution in [-0.4, -0.2) is 25.9 Å². The minimum Gasteiger partial charge on any atom is -0.467 e. The predicted octanol–water partition coefficient (Wildman–Crippen LogP) is 3.43. The number of hydrogen-bond acceptors (Lipinski definition) is 4. The van der Waals surface area contributed by atoms with Crippen LogP contribution in [0, 0.1) is 0 Å². The monoisotopic (exact) mass is 389 g/mol. The van der Waals surface area contributed by atoms with Crippen molar-refractivity contribution in [3.8, 4) is 0 Å². The standard InChI is InChI=1S/C23H23N3O3/c1-26(2)19-12-10-17(11-13-19)15-21(23(28)24-16-20-9-6-14-29-20)25-22(27)18-7-4-3-5-8-18/h3-15H,16H2,1-2H3,(H,24,28)(H,25,27). The van der Waals surface area contributed by atoms with Crippen LogP contribution in [0.25, 0.3) is 6.08 Å². The topological polar surface area (TPSA) is 74.6 Å². The Morgan fingerprint density at radius 3 is 2.31 bits per heavy atom.